The molecule has 4 fully saturated rings. The molecule has 31 heavy (non-hydrogen) atoms. The van der Waals surface area contributed by atoms with Crippen LogP contribution in [0.4, 0.5) is 0 Å². The maximum Gasteiger partial charge on any atom is 0.305 e. The molecule has 4 aliphatic rings. The molecule has 8 heteroatoms. The number of carbonyl (C=O) groups is 1. The van der Waals surface area contributed by atoms with Crippen LogP contribution in [0, 0.1) is 28.6 Å². The van der Waals surface area contributed by atoms with E-state index >= 15 is 0 Å². The van der Waals surface area contributed by atoms with Crippen molar-refractivity contribution in [2.24, 2.45) is 28.6 Å². The molecule has 0 heterocycles. The Kier molecular flexibility index (Phi) is 5.01. The average Bonchev–Trinajstić information content (AvgIpc) is 2.93. The second-order valence-corrected chi connectivity index (χ2v) is 11.6. The Morgan fingerprint density at radius 3 is 2.16 bits per heavy atom. The van der Waals surface area contributed by atoms with Gasteiger partial charge in [-0.1, -0.05) is 20.8 Å². The lowest BCUT2D eigenvalue weighted by Crippen LogP contribution is -2.63. The zero-order valence-corrected chi connectivity index (χ0v) is 19.1. The van der Waals surface area contributed by atoms with E-state index in [1.807, 2.05) is 0 Å². The van der Waals surface area contributed by atoms with Gasteiger partial charge >= 0.3 is 5.97 Å². The lowest BCUT2D eigenvalue weighted by atomic mass is 9.56. The van der Waals surface area contributed by atoms with Crippen molar-refractivity contribution < 1.29 is 40.2 Å². The summed E-state index contributed by atoms with van der Waals surface area (Å²) in [6, 6.07) is 0. The maximum atomic E-state index is 12.3. The number of aliphatic hydroxyl groups excluding tert-OH is 3. The van der Waals surface area contributed by atoms with E-state index in [0.29, 0.717) is 12.8 Å². The third kappa shape index (κ3) is 2.60. The first-order valence-corrected chi connectivity index (χ1v) is 11.5. The summed E-state index contributed by atoms with van der Waals surface area (Å²) in [7, 11) is 0. The van der Waals surface area contributed by atoms with Crippen LogP contribution in [0.5, 0.6) is 0 Å². The molecule has 4 saturated carbocycles. The Morgan fingerprint density at radius 1 is 0.968 bits per heavy atom. The van der Waals surface area contributed by atoms with Crippen LogP contribution in [0.15, 0.2) is 0 Å². The van der Waals surface area contributed by atoms with Crippen LogP contribution in [-0.2, 0) is 9.53 Å². The van der Waals surface area contributed by atoms with Gasteiger partial charge < -0.3 is 35.4 Å². The Labute approximate surface area is 183 Å². The van der Waals surface area contributed by atoms with Gasteiger partial charge in [0.25, 0.3) is 0 Å². The highest BCUT2D eigenvalue weighted by Gasteiger charge is 2.79. The molecule has 0 aliphatic heterocycles. The molecule has 6 N–H and O–H groups in total. The molecular weight excluding hydrogens is 404 g/mol. The van der Waals surface area contributed by atoms with E-state index in [4.69, 9.17) is 4.74 Å². The van der Waals surface area contributed by atoms with Gasteiger partial charge in [-0.15, -0.1) is 0 Å². The molecule has 4 rings (SSSR count). The minimum absolute atomic E-state index is 0.0250. The molecular formula is C23H38O8. The van der Waals surface area contributed by atoms with Crippen LogP contribution in [0.2, 0.25) is 0 Å². The number of esters is 1. The number of carbonyl (C=O) groups excluding carboxylic acids is 1. The molecule has 2 bridgehead atoms. The van der Waals surface area contributed by atoms with Crippen LogP contribution in [0.1, 0.15) is 66.7 Å². The zero-order valence-electron chi connectivity index (χ0n) is 19.1. The molecule has 11 atom stereocenters. The Balaban J connectivity index is 1.94. The van der Waals surface area contributed by atoms with Crippen molar-refractivity contribution in [3.8, 4) is 0 Å². The summed E-state index contributed by atoms with van der Waals surface area (Å²) in [6.07, 6.45) is -4.07. The minimum atomic E-state index is -1.98. The van der Waals surface area contributed by atoms with Crippen molar-refractivity contribution in [2.75, 3.05) is 0 Å². The molecule has 0 aromatic rings. The van der Waals surface area contributed by atoms with Crippen LogP contribution >= 0.6 is 0 Å². The molecule has 1 unspecified atom stereocenters. The number of rotatable bonds is 2. The monoisotopic (exact) mass is 442 g/mol. The van der Waals surface area contributed by atoms with Crippen LogP contribution in [0.3, 0.4) is 0 Å². The molecule has 0 saturated heterocycles. The summed E-state index contributed by atoms with van der Waals surface area (Å²) in [5.41, 5.74) is -7.39. The fourth-order valence-corrected chi connectivity index (χ4v) is 8.15. The molecule has 1 spiro atoms. The molecule has 0 aromatic heterocycles. The van der Waals surface area contributed by atoms with Crippen molar-refractivity contribution in [1.82, 2.24) is 0 Å². The van der Waals surface area contributed by atoms with E-state index in [1.165, 1.54) is 0 Å². The van der Waals surface area contributed by atoms with E-state index in [-0.39, 0.29) is 19.3 Å². The summed E-state index contributed by atoms with van der Waals surface area (Å²) in [6.45, 7) is 8.13. The van der Waals surface area contributed by atoms with Gasteiger partial charge in [-0.25, -0.2) is 0 Å². The van der Waals surface area contributed by atoms with E-state index in [2.05, 4.69) is 0 Å². The number of hydrogen-bond donors (Lipinski definition) is 6. The number of ether oxygens (including phenoxy) is 1. The van der Waals surface area contributed by atoms with Gasteiger partial charge in [0.1, 0.15) is 17.8 Å². The Hall–Kier alpha value is -0.770. The maximum absolute atomic E-state index is 12.3. The van der Waals surface area contributed by atoms with Gasteiger partial charge in [-0.05, 0) is 45.4 Å². The highest BCUT2D eigenvalue weighted by molar-refractivity contribution is 5.69. The summed E-state index contributed by atoms with van der Waals surface area (Å²) < 4.78 is 5.81. The van der Waals surface area contributed by atoms with Crippen molar-refractivity contribution in [3.05, 3.63) is 0 Å². The van der Waals surface area contributed by atoms with Crippen molar-refractivity contribution in [1.29, 1.82) is 0 Å². The molecule has 0 aromatic carbocycles. The van der Waals surface area contributed by atoms with Gasteiger partial charge in [-0.2, -0.15) is 0 Å². The Bertz CT molecular complexity index is 763. The molecule has 0 radical (unpaired) electrons. The first-order chi connectivity index (χ1) is 14.1. The van der Waals surface area contributed by atoms with Gasteiger partial charge in [0.15, 0.2) is 0 Å². The zero-order chi connectivity index (χ0) is 23.4. The number of hydrogen-bond acceptors (Lipinski definition) is 8. The summed E-state index contributed by atoms with van der Waals surface area (Å²) >= 11 is 0. The van der Waals surface area contributed by atoms with Crippen LogP contribution in [0.25, 0.3) is 0 Å². The van der Waals surface area contributed by atoms with Gasteiger partial charge in [0.2, 0.25) is 0 Å². The van der Waals surface area contributed by atoms with E-state index in [9.17, 15) is 35.4 Å². The van der Waals surface area contributed by atoms with Gasteiger partial charge in [0.05, 0.1) is 23.4 Å². The standard InChI is InChI=1S/C23H38O8/c1-6-15(25)31-18-11-7-8-12-21(5,29)13-9-14(24)19(2,3)23(13,30)17(27)16(26)22(12,18)10-20(11,4)28/h11-14,16-18,24,26-30H,6-10H2,1-5H3/t11?,12-,13-,14-,16+,17+,18+,20+,21+,22+,23-/m0/s1. The average molecular weight is 443 g/mol. The normalized spacial score (nSPS) is 57.7. The molecule has 4 aliphatic carbocycles. The number of fused-ring (bicyclic) bond motifs is 2. The van der Waals surface area contributed by atoms with E-state index in [1.54, 1.807) is 34.6 Å². The van der Waals surface area contributed by atoms with Crippen molar-refractivity contribution in [2.45, 2.75) is 108 Å². The predicted octanol–water partition coefficient (Wildman–Crippen LogP) is 0.1000. The largest absolute Gasteiger partial charge is 0.461 e. The Morgan fingerprint density at radius 2 is 1.58 bits per heavy atom. The third-order valence-corrected chi connectivity index (χ3v) is 9.89. The third-order valence-electron chi connectivity index (χ3n) is 9.89. The topological polar surface area (TPSA) is 148 Å². The fraction of sp³-hybridized carbons (Fsp3) is 0.957. The lowest BCUT2D eigenvalue weighted by molar-refractivity contribution is -0.224. The smallest absolute Gasteiger partial charge is 0.305 e. The summed E-state index contributed by atoms with van der Waals surface area (Å²) in [5.74, 6) is -2.51. The fourth-order valence-electron chi connectivity index (χ4n) is 8.15. The predicted molar refractivity (Wildman–Crippen MR) is 110 cm³/mol. The van der Waals surface area contributed by atoms with Crippen LogP contribution in [-0.4, -0.2) is 77.8 Å². The van der Waals surface area contributed by atoms with E-state index < -0.39 is 75.8 Å². The second kappa shape index (κ2) is 6.64. The van der Waals surface area contributed by atoms with Gasteiger partial charge in [0, 0.05) is 29.1 Å². The lowest BCUT2D eigenvalue weighted by Gasteiger charge is -2.53. The molecule has 178 valence electrons. The highest BCUT2D eigenvalue weighted by Crippen LogP contribution is 2.70. The SMILES string of the molecule is CCC(=O)O[C@@H]1C2CC[C@H]3[C@@](C)(O)[C@@H]4C[C@H](O)C(C)(C)[C@@]4(O)[C@H](O)[C@@H](O)[C@]13C[C@@]2(C)O. The van der Waals surface area contributed by atoms with E-state index in [0.717, 1.165) is 0 Å². The first kappa shape index (κ1) is 23.4. The van der Waals surface area contributed by atoms with Crippen LogP contribution < -0.4 is 0 Å². The van der Waals surface area contributed by atoms with Gasteiger partial charge in [-0.3, -0.25) is 4.79 Å². The molecule has 8 nitrogen and oxygen atoms in total. The van der Waals surface area contributed by atoms with Crippen molar-refractivity contribution >= 4 is 5.97 Å². The second-order valence-electron chi connectivity index (χ2n) is 11.6. The summed E-state index contributed by atoms with van der Waals surface area (Å²) in [4.78, 5) is 12.3. The minimum Gasteiger partial charge on any atom is -0.461 e. The highest BCUT2D eigenvalue weighted by atomic mass is 16.5. The molecule has 0 amide bonds. The summed E-state index contributed by atoms with van der Waals surface area (Å²) in [5, 5.41) is 68.9. The number of aliphatic hydroxyl groups is 6. The first-order valence-electron chi connectivity index (χ1n) is 11.5. The van der Waals surface area contributed by atoms with Crippen molar-refractivity contribution in [3.63, 3.8) is 0 Å². The quantitative estimate of drug-likeness (QED) is 0.330.